The van der Waals surface area contributed by atoms with E-state index in [1.54, 1.807) is 0 Å². The molecular formula is C22H22F3NO4. The van der Waals surface area contributed by atoms with Gasteiger partial charge >= 0.3 is 6.18 Å². The van der Waals surface area contributed by atoms with Crippen molar-refractivity contribution in [2.24, 2.45) is 0 Å². The minimum atomic E-state index is -4.49. The fourth-order valence-corrected chi connectivity index (χ4v) is 3.24. The van der Waals surface area contributed by atoms with Gasteiger partial charge in [0.2, 0.25) is 0 Å². The lowest BCUT2D eigenvalue weighted by Crippen LogP contribution is -2.45. The molecule has 2 aromatic rings. The lowest BCUT2D eigenvalue weighted by atomic mass is 9.83. The van der Waals surface area contributed by atoms with Gasteiger partial charge in [0.1, 0.15) is 5.60 Å². The molecule has 2 heterocycles. The van der Waals surface area contributed by atoms with E-state index < -0.39 is 28.8 Å². The Labute approximate surface area is 172 Å². The van der Waals surface area contributed by atoms with E-state index in [0.29, 0.717) is 0 Å². The van der Waals surface area contributed by atoms with Crippen molar-refractivity contribution in [3.63, 3.8) is 0 Å². The smallest absolute Gasteiger partial charge is 0.416 e. The normalized spacial score (nSPS) is 16.7. The Morgan fingerprint density at radius 2 is 1.83 bits per heavy atom. The standard InChI is InChI=1S/C22H22F3NO4/c1-20(2,28)9-8-17-6-7-18(30-17)19(27)26-12-10-21(29,11-13-26)15-4-3-5-16(14-15)22(23,24)25/h3-7,14,28-29H,10-13H2,1-2H3. The van der Waals surface area contributed by atoms with Gasteiger partial charge < -0.3 is 19.5 Å². The molecule has 0 radical (unpaired) electrons. The molecule has 0 bridgehead atoms. The molecule has 5 nitrogen and oxygen atoms in total. The van der Waals surface area contributed by atoms with Gasteiger partial charge in [0, 0.05) is 13.1 Å². The van der Waals surface area contributed by atoms with Crippen molar-refractivity contribution >= 4 is 5.91 Å². The lowest BCUT2D eigenvalue weighted by molar-refractivity contribution is -0.137. The van der Waals surface area contributed by atoms with Crippen LogP contribution in [0.2, 0.25) is 0 Å². The number of carbonyl (C=O) groups is 1. The number of amides is 1. The molecule has 0 aliphatic carbocycles. The minimum absolute atomic E-state index is 0.0690. The van der Waals surface area contributed by atoms with Crippen LogP contribution in [0.25, 0.3) is 0 Å². The maximum absolute atomic E-state index is 13.0. The molecule has 1 aromatic heterocycles. The predicted octanol–water partition coefficient (Wildman–Crippen LogP) is 3.54. The minimum Gasteiger partial charge on any atom is -0.443 e. The molecular weight excluding hydrogens is 399 g/mol. The number of likely N-dealkylation sites (tertiary alicyclic amines) is 1. The first-order valence-electron chi connectivity index (χ1n) is 9.42. The van der Waals surface area contributed by atoms with Crippen LogP contribution in [0, 0.1) is 11.8 Å². The Kier molecular flexibility index (Phi) is 5.72. The molecule has 1 saturated heterocycles. The van der Waals surface area contributed by atoms with Crippen LogP contribution in [0.4, 0.5) is 13.2 Å². The van der Waals surface area contributed by atoms with Gasteiger partial charge in [0.25, 0.3) is 5.91 Å². The largest absolute Gasteiger partial charge is 0.443 e. The highest BCUT2D eigenvalue weighted by Gasteiger charge is 2.38. The third-order valence-corrected chi connectivity index (χ3v) is 4.91. The zero-order valence-corrected chi connectivity index (χ0v) is 16.6. The first-order valence-corrected chi connectivity index (χ1v) is 9.42. The summed E-state index contributed by atoms with van der Waals surface area (Å²) in [6.07, 6.45) is -4.29. The molecule has 3 rings (SSSR count). The van der Waals surface area contributed by atoms with Crippen molar-refractivity contribution in [3.05, 3.63) is 59.0 Å². The molecule has 2 N–H and O–H groups in total. The van der Waals surface area contributed by atoms with Gasteiger partial charge in [-0.25, -0.2) is 0 Å². The zero-order chi connectivity index (χ0) is 22.2. The summed E-state index contributed by atoms with van der Waals surface area (Å²) in [5, 5.41) is 20.5. The second-order valence-electron chi connectivity index (χ2n) is 7.88. The van der Waals surface area contributed by atoms with Crippen LogP contribution in [-0.2, 0) is 11.8 Å². The summed E-state index contributed by atoms with van der Waals surface area (Å²) in [5.74, 6) is 5.15. The molecule has 1 aromatic carbocycles. The van der Waals surface area contributed by atoms with E-state index in [-0.39, 0.29) is 43.0 Å². The van der Waals surface area contributed by atoms with E-state index in [1.165, 1.54) is 43.0 Å². The Morgan fingerprint density at radius 3 is 2.43 bits per heavy atom. The van der Waals surface area contributed by atoms with Gasteiger partial charge in [-0.1, -0.05) is 18.1 Å². The van der Waals surface area contributed by atoms with Gasteiger partial charge in [0.05, 0.1) is 11.2 Å². The lowest BCUT2D eigenvalue weighted by Gasteiger charge is -2.38. The Morgan fingerprint density at radius 1 is 1.17 bits per heavy atom. The summed E-state index contributed by atoms with van der Waals surface area (Å²) < 4.78 is 44.3. The summed E-state index contributed by atoms with van der Waals surface area (Å²) >= 11 is 0. The number of benzene rings is 1. The number of carbonyl (C=O) groups excluding carboxylic acids is 1. The number of aliphatic hydroxyl groups is 2. The maximum atomic E-state index is 13.0. The highest BCUT2D eigenvalue weighted by atomic mass is 19.4. The highest BCUT2D eigenvalue weighted by Crippen LogP contribution is 2.37. The first-order chi connectivity index (χ1) is 13.9. The van der Waals surface area contributed by atoms with Crippen molar-refractivity contribution in [2.75, 3.05) is 13.1 Å². The Balaban J connectivity index is 1.69. The SMILES string of the molecule is CC(C)(O)C#Cc1ccc(C(=O)N2CCC(O)(c3cccc(C(F)(F)F)c3)CC2)o1. The quantitative estimate of drug-likeness (QED) is 0.728. The summed E-state index contributed by atoms with van der Waals surface area (Å²) in [6.45, 7) is 3.37. The van der Waals surface area contributed by atoms with Crippen LogP contribution in [0.15, 0.2) is 40.8 Å². The number of halogens is 3. The molecule has 0 atom stereocenters. The summed E-state index contributed by atoms with van der Waals surface area (Å²) in [7, 11) is 0. The van der Waals surface area contributed by atoms with E-state index in [1.807, 2.05) is 0 Å². The fourth-order valence-electron chi connectivity index (χ4n) is 3.24. The topological polar surface area (TPSA) is 73.9 Å². The van der Waals surface area contributed by atoms with Gasteiger partial charge in [0.15, 0.2) is 11.5 Å². The summed E-state index contributed by atoms with van der Waals surface area (Å²) in [4.78, 5) is 14.1. The monoisotopic (exact) mass is 421 g/mol. The highest BCUT2D eigenvalue weighted by molar-refractivity contribution is 5.91. The van der Waals surface area contributed by atoms with Crippen molar-refractivity contribution < 1.29 is 32.6 Å². The van der Waals surface area contributed by atoms with Crippen LogP contribution < -0.4 is 0 Å². The molecule has 1 fully saturated rings. The van der Waals surface area contributed by atoms with Crippen LogP contribution in [0.5, 0.6) is 0 Å². The molecule has 0 unspecified atom stereocenters. The molecule has 160 valence electrons. The van der Waals surface area contributed by atoms with Crippen LogP contribution >= 0.6 is 0 Å². The molecule has 0 saturated carbocycles. The molecule has 30 heavy (non-hydrogen) atoms. The zero-order valence-electron chi connectivity index (χ0n) is 16.6. The van der Waals surface area contributed by atoms with Gasteiger partial charge in [-0.15, -0.1) is 0 Å². The molecule has 1 aliphatic rings. The number of furan rings is 1. The van der Waals surface area contributed by atoms with Crippen molar-refractivity contribution in [1.29, 1.82) is 0 Å². The van der Waals surface area contributed by atoms with E-state index >= 15 is 0 Å². The van der Waals surface area contributed by atoms with Crippen molar-refractivity contribution in [1.82, 2.24) is 4.90 Å². The van der Waals surface area contributed by atoms with Crippen LogP contribution in [-0.4, -0.2) is 39.7 Å². The Bertz CT molecular complexity index is 984. The second kappa shape index (κ2) is 7.82. The van der Waals surface area contributed by atoms with Gasteiger partial charge in [-0.3, -0.25) is 4.79 Å². The maximum Gasteiger partial charge on any atom is 0.416 e. The Hall–Kier alpha value is -2.76. The molecule has 8 heteroatoms. The van der Waals surface area contributed by atoms with Crippen molar-refractivity contribution in [2.45, 2.75) is 44.1 Å². The molecule has 1 amide bonds. The summed E-state index contributed by atoms with van der Waals surface area (Å²) in [5.41, 5.74) is -3.27. The number of nitrogens with zero attached hydrogens (tertiary/aromatic N) is 1. The number of hydrogen-bond donors (Lipinski definition) is 2. The molecule has 0 spiro atoms. The predicted molar refractivity (Wildman–Crippen MR) is 102 cm³/mol. The summed E-state index contributed by atoms with van der Waals surface area (Å²) in [6, 6.07) is 7.65. The number of alkyl halides is 3. The van der Waals surface area contributed by atoms with Gasteiger partial charge in [-0.05, 0) is 62.4 Å². The second-order valence-corrected chi connectivity index (χ2v) is 7.88. The van der Waals surface area contributed by atoms with E-state index in [9.17, 15) is 28.2 Å². The number of rotatable bonds is 2. The van der Waals surface area contributed by atoms with E-state index in [2.05, 4.69) is 11.8 Å². The average molecular weight is 421 g/mol. The average Bonchev–Trinajstić information content (AvgIpc) is 3.14. The molecule has 1 aliphatic heterocycles. The van der Waals surface area contributed by atoms with Crippen LogP contribution in [0.3, 0.4) is 0 Å². The third-order valence-electron chi connectivity index (χ3n) is 4.91. The van der Waals surface area contributed by atoms with E-state index in [4.69, 9.17) is 4.42 Å². The van der Waals surface area contributed by atoms with Crippen molar-refractivity contribution in [3.8, 4) is 11.8 Å². The van der Waals surface area contributed by atoms with Gasteiger partial charge in [-0.2, -0.15) is 13.2 Å². The van der Waals surface area contributed by atoms with Crippen LogP contribution in [0.1, 0.15) is 54.1 Å². The number of piperidine rings is 1. The third kappa shape index (κ3) is 5.04. The first kappa shape index (κ1) is 21.9. The fraction of sp³-hybridized carbons (Fsp3) is 0.409. The number of hydrogen-bond acceptors (Lipinski definition) is 4. The van der Waals surface area contributed by atoms with E-state index in [0.717, 1.165) is 12.1 Å².